The molecule has 0 saturated carbocycles. The molecular weight excluding hydrogens is 216 g/mol. The SMILES string of the molecule is CCCC(C)(O)CNC(C)C(=O)N1CCCC1. The first-order valence-electron chi connectivity index (χ1n) is 6.71. The van der Waals surface area contributed by atoms with Crippen LogP contribution in [0.2, 0.25) is 0 Å². The Morgan fingerprint density at radius 2 is 2.06 bits per heavy atom. The molecule has 2 N–H and O–H groups in total. The van der Waals surface area contributed by atoms with Crippen LogP contribution in [0.3, 0.4) is 0 Å². The summed E-state index contributed by atoms with van der Waals surface area (Å²) < 4.78 is 0. The second-order valence-electron chi connectivity index (χ2n) is 5.38. The van der Waals surface area contributed by atoms with Gasteiger partial charge in [0.1, 0.15) is 0 Å². The number of nitrogens with one attached hydrogen (secondary N) is 1. The van der Waals surface area contributed by atoms with Crippen molar-refractivity contribution in [1.29, 1.82) is 0 Å². The van der Waals surface area contributed by atoms with E-state index in [4.69, 9.17) is 0 Å². The predicted octanol–water partition coefficient (Wildman–Crippen LogP) is 1.14. The molecule has 0 radical (unpaired) electrons. The molecule has 1 heterocycles. The molecule has 1 rings (SSSR count). The average molecular weight is 242 g/mol. The molecule has 0 spiro atoms. The van der Waals surface area contributed by atoms with Gasteiger partial charge in [-0.1, -0.05) is 13.3 Å². The van der Waals surface area contributed by atoms with Crippen LogP contribution < -0.4 is 5.32 Å². The second kappa shape index (κ2) is 6.36. The Kier molecular flexibility index (Phi) is 5.40. The fourth-order valence-electron chi connectivity index (χ4n) is 2.30. The third-order valence-corrected chi connectivity index (χ3v) is 3.37. The fraction of sp³-hybridized carbons (Fsp3) is 0.923. The minimum atomic E-state index is -0.714. The monoisotopic (exact) mass is 242 g/mol. The lowest BCUT2D eigenvalue weighted by Crippen LogP contribution is -2.48. The molecule has 2 unspecified atom stereocenters. The van der Waals surface area contributed by atoms with Crippen molar-refractivity contribution in [2.45, 2.75) is 58.1 Å². The number of nitrogens with zero attached hydrogens (tertiary/aromatic N) is 1. The molecule has 1 aliphatic heterocycles. The number of hydrogen-bond acceptors (Lipinski definition) is 3. The van der Waals surface area contributed by atoms with Gasteiger partial charge < -0.3 is 15.3 Å². The highest BCUT2D eigenvalue weighted by atomic mass is 16.3. The minimum Gasteiger partial charge on any atom is -0.389 e. The van der Waals surface area contributed by atoms with Crippen molar-refractivity contribution in [3.8, 4) is 0 Å². The van der Waals surface area contributed by atoms with Crippen molar-refractivity contribution in [2.75, 3.05) is 19.6 Å². The van der Waals surface area contributed by atoms with Gasteiger partial charge in [-0.2, -0.15) is 0 Å². The summed E-state index contributed by atoms with van der Waals surface area (Å²) in [4.78, 5) is 13.9. The van der Waals surface area contributed by atoms with Crippen LogP contribution in [0.15, 0.2) is 0 Å². The predicted molar refractivity (Wildman–Crippen MR) is 68.8 cm³/mol. The molecule has 0 aliphatic carbocycles. The van der Waals surface area contributed by atoms with Crippen molar-refractivity contribution in [2.24, 2.45) is 0 Å². The number of aliphatic hydroxyl groups is 1. The van der Waals surface area contributed by atoms with Gasteiger partial charge in [0, 0.05) is 19.6 Å². The van der Waals surface area contributed by atoms with Crippen LogP contribution in [0.4, 0.5) is 0 Å². The molecule has 100 valence electrons. The van der Waals surface area contributed by atoms with Crippen LogP contribution in [-0.4, -0.2) is 47.2 Å². The Morgan fingerprint density at radius 3 is 2.59 bits per heavy atom. The first kappa shape index (κ1) is 14.5. The number of carbonyl (C=O) groups is 1. The summed E-state index contributed by atoms with van der Waals surface area (Å²) in [6, 6.07) is -0.198. The van der Waals surface area contributed by atoms with E-state index in [1.54, 1.807) is 0 Å². The Morgan fingerprint density at radius 1 is 1.47 bits per heavy atom. The summed E-state index contributed by atoms with van der Waals surface area (Å²) >= 11 is 0. The maximum Gasteiger partial charge on any atom is 0.239 e. The molecular formula is C13H26N2O2. The average Bonchev–Trinajstić information content (AvgIpc) is 2.78. The summed E-state index contributed by atoms with van der Waals surface area (Å²) in [5.74, 6) is 0.162. The number of amides is 1. The Bertz CT molecular complexity index is 248. The van der Waals surface area contributed by atoms with E-state index in [0.29, 0.717) is 6.54 Å². The van der Waals surface area contributed by atoms with E-state index < -0.39 is 5.60 Å². The number of hydrogen-bond donors (Lipinski definition) is 2. The molecule has 0 aromatic rings. The van der Waals surface area contributed by atoms with Crippen molar-refractivity contribution in [1.82, 2.24) is 10.2 Å². The van der Waals surface area contributed by atoms with E-state index in [1.807, 2.05) is 25.7 Å². The third-order valence-electron chi connectivity index (χ3n) is 3.37. The molecule has 4 nitrogen and oxygen atoms in total. The molecule has 1 saturated heterocycles. The fourth-order valence-corrected chi connectivity index (χ4v) is 2.30. The van der Waals surface area contributed by atoms with Gasteiger partial charge in [0.15, 0.2) is 0 Å². The van der Waals surface area contributed by atoms with E-state index in [0.717, 1.165) is 38.8 Å². The van der Waals surface area contributed by atoms with Gasteiger partial charge >= 0.3 is 0 Å². The highest BCUT2D eigenvalue weighted by Gasteiger charge is 2.25. The highest BCUT2D eigenvalue weighted by Crippen LogP contribution is 2.12. The molecule has 1 aliphatic rings. The van der Waals surface area contributed by atoms with Gasteiger partial charge in [0.2, 0.25) is 5.91 Å². The zero-order chi connectivity index (χ0) is 12.9. The summed E-state index contributed by atoms with van der Waals surface area (Å²) in [5, 5.41) is 13.2. The first-order chi connectivity index (χ1) is 7.96. The van der Waals surface area contributed by atoms with Gasteiger partial charge in [-0.15, -0.1) is 0 Å². The van der Waals surface area contributed by atoms with E-state index in [9.17, 15) is 9.90 Å². The summed E-state index contributed by atoms with van der Waals surface area (Å²) in [6.45, 7) is 7.99. The van der Waals surface area contributed by atoms with Gasteiger partial charge in [-0.05, 0) is 33.1 Å². The standard InChI is InChI=1S/C13H26N2O2/c1-4-7-13(3,17)10-14-11(2)12(16)15-8-5-6-9-15/h11,14,17H,4-10H2,1-3H3. The van der Waals surface area contributed by atoms with Crippen LogP contribution >= 0.6 is 0 Å². The van der Waals surface area contributed by atoms with E-state index in [2.05, 4.69) is 5.32 Å². The quantitative estimate of drug-likeness (QED) is 0.734. The van der Waals surface area contributed by atoms with Gasteiger partial charge in [0.25, 0.3) is 0 Å². The van der Waals surface area contributed by atoms with Crippen molar-refractivity contribution < 1.29 is 9.90 Å². The number of likely N-dealkylation sites (tertiary alicyclic amines) is 1. The Balaban J connectivity index is 2.33. The van der Waals surface area contributed by atoms with Crippen molar-refractivity contribution in [3.63, 3.8) is 0 Å². The molecule has 2 atom stereocenters. The normalized spacial score (nSPS) is 21.3. The molecule has 1 amide bonds. The summed E-state index contributed by atoms with van der Waals surface area (Å²) in [5.41, 5.74) is -0.714. The lowest BCUT2D eigenvalue weighted by atomic mass is 10.0. The Labute approximate surface area is 104 Å². The maximum atomic E-state index is 12.0. The number of carbonyl (C=O) groups excluding carboxylic acids is 1. The van der Waals surface area contributed by atoms with E-state index in [-0.39, 0.29) is 11.9 Å². The van der Waals surface area contributed by atoms with Crippen LogP contribution in [-0.2, 0) is 4.79 Å². The summed E-state index contributed by atoms with van der Waals surface area (Å²) in [6.07, 6.45) is 3.94. The zero-order valence-corrected chi connectivity index (χ0v) is 11.3. The summed E-state index contributed by atoms with van der Waals surface area (Å²) in [7, 11) is 0. The van der Waals surface area contributed by atoms with Crippen molar-refractivity contribution in [3.05, 3.63) is 0 Å². The maximum absolute atomic E-state index is 12.0. The van der Waals surface area contributed by atoms with Crippen LogP contribution in [0.5, 0.6) is 0 Å². The molecule has 17 heavy (non-hydrogen) atoms. The minimum absolute atomic E-state index is 0.162. The van der Waals surface area contributed by atoms with E-state index in [1.165, 1.54) is 0 Å². The molecule has 0 aromatic heterocycles. The number of rotatable bonds is 6. The lowest BCUT2D eigenvalue weighted by Gasteiger charge is -2.27. The highest BCUT2D eigenvalue weighted by molar-refractivity contribution is 5.81. The van der Waals surface area contributed by atoms with Gasteiger partial charge in [0.05, 0.1) is 11.6 Å². The van der Waals surface area contributed by atoms with Crippen LogP contribution in [0.25, 0.3) is 0 Å². The Hall–Kier alpha value is -0.610. The molecule has 0 aromatic carbocycles. The second-order valence-corrected chi connectivity index (χ2v) is 5.38. The smallest absolute Gasteiger partial charge is 0.239 e. The van der Waals surface area contributed by atoms with Crippen LogP contribution in [0.1, 0.15) is 46.5 Å². The van der Waals surface area contributed by atoms with Gasteiger partial charge in [-0.3, -0.25) is 4.79 Å². The van der Waals surface area contributed by atoms with Gasteiger partial charge in [-0.25, -0.2) is 0 Å². The van der Waals surface area contributed by atoms with Crippen LogP contribution in [0, 0.1) is 0 Å². The zero-order valence-electron chi connectivity index (χ0n) is 11.3. The molecule has 1 fully saturated rings. The largest absolute Gasteiger partial charge is 0.389 e. The topological polar surface area (TPSA) is 52.6 Å². The molecule has 4 heteroatoms. The van der Waals surface area contributed by atoms with Crippen molar-refractivity contribution >= 4 is 5.91 Å². The molecule has 0 bridgehead atoms. The van der Waals surface area contributed by atoms with E-state index >= 15 is 0 Å². The first-order valence-corrected chi connectivity index (χ1v) is 6.71. The lowest BCUT2D eigenvalue weighted by molar-refractivity contribution is -0.132. The third kappa shape index (κ3) is 4.64.